The molecule has 0 saturated carbocycles. The minimum atomic E-state index is -3.39. The molecular weight excluding hydrogens is 378 g/mol. The van der Waals surface area contributed by atoms with Gasteiger partial charge in [0.15, 0.2) is 9.84 Å². The van der Waals surface area contributed by atoms with Crippen molar-refractivity contribution in [2.75, 3.05) is 13.2 Å². The summed E-state index contributed by atoms with van der Waals surface area (Å²) in [7, 11) is -3.39. The van der Waals surface area contributed by atoms with Crippen molar-refractivity contribution in [2.24, 2.45) is 0 Å². The van der Waals surface area contributed by atoms with Crippen LogP contribution in [0.25, 0.3) is 10.9 Å². The van der Waals surface area contributed by atoms with Crippen LogP contribution in [-0.4, -0.2) is 42.8 Å². The normalized spacial score (nSPS) is 17.5. The van der Waals surface area contributed by atoms with E-state index >= 15 is 0 Å². The van der Waals surface area contributed by atoms with E-state index in [4.69, 9.17) is 4.74 Å². The van der Waals surface area contributed by atoms with Crippen molar-refractivity contribution in [3.05, 3.63) is 60.0 Å². The average molecular weight is 399 g/mol. The van der Waals surface area contributed by atoms with Crippen LogP contribution in [0.2, 0.25) is 0 Å². The first-order chi connectivity index (χ1) is 13.5. The molecule has 3 heterocycles. The summed E-state index contributed by atoms with van der Waals surface area (Å²) in [6.45, 7) is 1.18. The van der Waals surface area contributed by atoms with Crippen LogP contribution >= 0.6 is 0 Å². The lowest BCUT2D eigenvalue weighted by molar-refractivity contribution is 0.0946. The molecule has 0 spiro atoms. The van der Waals surface area contributed by atoms with Crippen molar-refractivity contribution in [1.82, 2.24) is 15.3 Å². The Hall–Kier alpha value is -2.71. The smallest absolute Gasteiger partial charge is 0.267 e. The summed E-state index contributed by atoms with van der Waals surface area (Å²) in [6, 6.07) is 10.2. The number of amides is 1. The average Bonchev–Trinajstić information content (AvgIpc) is 3.17. The number of aromatic amines is 1. The van der Waals surface area contributed by atoms with Crippen molar-refractivity contribution in [2.45, 2.75) is 29.5 Å². The van der Waals surface area contributed by atoms with Gasteiger partial charge in [0.1, 0.15) is 5.69 Å². The highest BCUT2D eigenvalue weighted by Gasteiger charge is 2.29. The third kappa shape index (κ3) is 3.79. The maximum absolute atomic E-state index is 12.7. The fraction of sp³-hybridized carbons (Fsp3) is 0.300. The SMILES string of the molecule is O=C(NCc1ccc(S(=O)(=O)C2CCCOC2)cc1)c1cc2cnccc2[nH]1. The van der Waals surface area contributed by atoms with Crippen molar-refractivity contribution in [1.29, 1.82) is 0 Å². The molecule has 1 atom stereocenters. The monoisotopic (exact) mass is 399 g/mol. The van der Waals surface area contributed by atoms with E-state index in [2.05, 4.69) is 15.3 Å². The summed E-state index contributed by atoms with van der Waals surface area (Å²) < 4.78 is 30.7. The van der Waals surface area contributed by atoms with Crippen LogP contribution < -0.4 is 5.32 Å². The van der Waals surface area contributed by atoms with Gasteiger partial charge in [-0.3, -0.25) is 9.78 Å². The highest BCUT2D eigenvalue weighted by Crippen LogP contribution is 2.23. The van der Waals surface area contributed by atoms with Crippen molar-refractivity contribution in [3.8, 4) is 0 Å². The number of sulfone groups is 1. The quantitative estimate of drug-likeness (QED) is 0.686. The van der Waals surface area contributed by atoms with Crippen LogP contribution in [0.1, 0.15) is 28.9 Å². The first-order valence-electron chi connectivity index (χ1n) is 9.15. The zero-order valence-electron chi connectivity index (χ0n) is 15.2. The third-order valence-electron chi connectivity index (χ3n) is 4.93. The highest BCUT2D eigenvalue weighted by molar-refractivity contribution is 7.92. The van der Waals surface area contributed by atoms with Gasteiger partial charge in [-0.15, -0.1) is 0 Å². The van der Waals surface area contributed by atoms with Crippen molar-refractivity contribution >= 4 is 26.6 Å². The molecule has 0 bridgehead atoms. The van der Waals surface area contributed by atoms with Gasteiger partial charge in [0.2, 0.25) is 0 Å². The Kier molecular flexibility index (Phi) is 5.15. The van der Waals surface area contributed by atoms with E-state index in [1.807, 2.05) is 6.07 Å². The fourth-order valence-corrected chi connectivity index (χ4v) is 4.97. The van der Waals surface area contributed by atoms with Gasteiger partial charge >= 0.3 is 0 Å². The molecule has 28 heavy (non-hydrogen) atoms. The molecule has 0 radical (unpaired) electrons. The zero-order valence-corrected chi connectivity index (χ0v) is 16.0. The Morgan fingerprint density at radius 1 is 1.25 bits per heavy atom. The molecule has 1 amide bonds. The van der Waals surface area contributed by atoms with Crippen molar-refractivity contribution < 1.29 is 17.9 Å². The van der Waals surface area contributed by atoms with E-state index in [1.165, 1.54) is 0 Å². The van der Waals surface area contributed by atoms with Gasteiger partial charge in [0.05, 0.1) is 16.8 Å². The topological polar surface area (TPSA) is 101 Å². The molecular formula is C20H21N3O4S. The number of nitrogens with one attached hydrogen (secondary N) is 2. The molecule has 1 aromatic carbocycles. The number of pyridine rings is 1. The van der Waals surface area contributed by atoms with Gasteiger partial charge in [0, 0.05) is 36.4 Å². The zero-order chi connectivity index (χ0) is 19.6. The molecule has 146 valence electrons. The van der Waals surface area contributed by atoms with Gasteiger partial charge in [-0.05, 0) is 42.7 Å². The van der Waals surface area contributed by atoms with Crippen LogP contribution in [-0.2, 0) is 21.1 Å². The summed E-state index contributed by atoms with van der Waals surface area (Å²) in [4.78, 5) is 19.7. The minimum Gasteiger partial charge on any atom is -0.380 e. The lowest BCUT2D eigenvalue weighted by atomic mass is 10.2. The molecule has 0 aliphatic carbocycles. The van der Waals surface area contributed by atoms with Crippen molar-refractivity contribution in [3.63, 3.8) is 0 Å². The number of benzene rings is 1. The second kappa shape index (κ2) is 7.73. The molecule has 2 aromatic heterocycles. The number of fused-ring (bicyclic) bond motifs is 1. The van der Waals surface area contributed by atoms with E-state index in [0.29, 0.717) is 30.2 Å². The van der Waals surface area contributed by atoms with E-state index < -0.39 is 15.1 Å². The molecule has 2 N–H and O–H groups in total. The molecule has 4 rings (SSSR count). The van der Waals surface area contributed by atoms with Crippen LogP contribution in [0, 0.1) is 0 Å². The Bertz CT molecular complexity index is 1050. The Morgan fingerprint density at radius 3 is 2.79 bits per heavy atom. The summed E-state index contributed by atoms with van der Waals surface area (Å²) in [5.41, 5.74) is 2.13. The largest absolute Gasteiger partial charge is 0.380 e. The lowest BCUT2D eigenvalue weighted by Crippen LogP contribution is -2.31. The number of hydrogen-bond acceptors (Lipinski definition) is 5. The third-order valence-corrected chi connectivity index (χ3v) is 7.11. The number of ether oxygens (including phenoxy) is 1. The van der Waals surface area contributed by atoms with Crippen LogP contribution in [0.5, 0.6) is 0 Å². The second-order valence-corrected chi connectivity index (χ2v) is 9.08. The Morgan fingerprint density at radius 2 is 2.07 bits per heavy atom. The predicted molar refractivity (Wildman–Crippen MR) is 105 cm³/mol. The maximum atomic E-state index is 12.7. The maximum Gasteiger partial charge on any atom is 0.267 e. The van der Waals surface area contributed by atoms with Gasteiger partial charge < -0.3 is 15.0 Å². The fourth-order valence-electron chi connectivity index (χ4n) is 3.32. The van der Waals surface area contributed by atoms with Crippen LogP contribution in [0.15, 0.2) is 53.7 Å². The van der Waals surface area contributed by atoms with Gasteiger partial charge in [-0.1, -0.05) is 12.1 Å². The highest BCUT2D eigenvalue weighted by atomic mass is 32.2. The number of carbonyl (C=O) groups excluding carboxylic acids is 1. The number of hydrogen-bond donors (Lipinski definition) is 2. The molecule has 1 aliphatic rings. The van der Waals surface area contributed by atoms with Gasteiger partial charge in [0.25, 0.3) is 5.91 Å². The van der Waals surface area contributed by atoms with E-state index in [9.17, 15) is 13.2 Å². The predicted octanol–water partition coefficient (Wildman–Crippen LogP) is 2.45. The van der Waals surface area contributed by atoms with Crippen LogP contribution in [0.3, 0.4) is 0 Å². The molecule has 3 aromatic rings. The Balaban J connectivity index is 1.41. The number of H-pyrrole nitrogens is 1. The second-order valence-electron chi connectivity index (χ2n) is 6.86. The molecule has 7 nitrogen and oxygen atoms in total. The molecule has 1 unspecified atom stereocenters. The van der Waals surface area contributed by atoms with Crippen LogP contribution in [0.4, 0.5) is 0 Å². The number of rotatable bonds is 5. The van der Waals surface area contributed by atoms with Gasteiger partial charge in [-0.2, -0.15) is 0 Å². The Labute approximate surface area is 163 Å². The van der Waals surface area contributed by atoms with E-state index in [0.717, 1.165) is 22.9 Å². The first kappa shape index (κ1) is 18.6. The standard InChI is InChI=1S/C20H21N3O4S/c24-20(19-10-15-12-21-8-7-18(15)23-19)22-11-14-3-5-16(6-4-14)28(25,26)17-2-1-9-27-13-17/h3-8,10,12,17,23H,1-2,9,11,13H2,(H,22,24). The molecule has 1 aliphatic heterocycles. The van der Waals surface area contributed by atoms with E-state index in [-0.39, 0.29) is 12.5 Å². The minimum absolute atomic E-state index is 0.229. The number of nitrogens with zero attached hydrogens (tertiary/aromatic N) is 1. The number of aromatic nitrogens is 2. The van der Waals surface area contributed by atoms with Gasteiger partial charge in [-0.25, -0.2) is 8.42 Å². The summed E-state index contributed by atoms with van der Waals surface area (Å²) in [6.07, 6.45) is 4.74. The summed E-state index contributed by atoms with van der Waals surface area (Å²) >= 11 is 0. The summed E-state index contributed by atoms with van der Waals surface area (Å²) in [5, 5.41) is 3.22. The molecule has 1 saturated heterocycles. The van der Waals surface area contributed by atoms with E-state index in [1.54, 1.807) is 42.7 Å². The lowest BCUT2D eigenvalue weighted by Gasteiger charge is -2.22. The first-order valence-corrected chi connectivity index (χ1v) is 10.7. The molecule has 1 fully saturated rings. The molecule has 8 heteroatoms. The number of carbonyl (C=O) groups is 1. The summed E-state index contributed by atoms with van der Waals surface area (Å²) in [5.74, 6) is -0.229.